The smallest absolute Gasteiger partial charge is 0.190 e. The summed E-state index contributed by atoms with van der Waals surface area (Å²) < 4.78 is 7.09. The number of rotatable bonds is 5. The van der Waals surface area contributed by atoms with E-state index in [1.807, 2.05) is 73.7 Å². The van der Waals surface area contributed by atoms with Crippen molar-refractivity contribution < 1.29 is 4.74 Å². The van der Waals surface area contributed by atoms with Crippen LogP contribution in [0.3, 0.4) is 0 Å². The number of benzene rings is 2. The highest BCUT2D eigenvalue weighted by Crippen LogP contribution is 2.19. The van der Waals surface area contributed by atoms with Crippen LogP contribution in [0, 0.1) is 11.3 Å². The van der Waals surface area contributed by atoms with E-state index >= 15 is 0 Å². The van der Waals surface area contributed by atoms with Crippen molar-refractivity contribution in [1.29, 1.82) is 5.26 Å². The van der Waals surface area contributed by atoms with E-state index in [-0.39, 0.29) is 5.69 Å². The van der Waals surface area contributed by atoms with Crippen molar-refractivity contribution in [2.75, 3.05) is 6.61 Å². The Labute approximate surface area is 140 Å². The van der Waals surface area contributed by atoms with Crippen LogP contribution in [0.15, 0.2) is 54.6 Å². The molecule has 0 bridgehead atoms. The molecule has 118 valence electrons. The van der Waals surface area contributed by atoms with Gasteiger partial charge in [-0.25, -0.2) is 4.68 Å². The van der Waals surface area contributed by atoms with Gasteiger partial charge in [0.15, 0.2) is 5.69 Å². The third kappa shape index (κ3) is 3.33. The average molecular weight is 316 g/mol. The summed E-state index contributed by atoms with van der Waals surface area (Å²) in [5.41, 5.74) is 2.79. The number of nitrogens with zero attached hydrogens (tertiary/aromatic N) is 4. The SMILES string of the molecule is CCOc1ccc(-n2nnc(C#N)c2/C=C/c2ccccc2)cc1. The third-order valence-corrected chi connectivity index (χ3v) is 3.44. The van der Waals surface area contributed by atoms with Gasteiger partial charge >= 0.3 is 0 Å². The van der Waals surface area contributed by atoms with E-state index in [0.29, 0.717) is 12.3 Å². The van der Waals surface area contributed by atoms with Gasteiger partial charge in [-0.2, -0.15) is 5.26 Å². The lowest BCUT2D eigenvalue weighted by atomic mass is 10.2. The molecule has 0 atom stereocenters. The predicted molar refractivity (Wildman–Crippen MR) is 92.6 cm³/mol. The Bertz CT molecular complexity index is 874. The lowest BCUT2D eigenvalue weighted by molar-refractivity contribution is 0.340. The molecule has 1 aromatic heterocycles. The molecule has 3 aromatic rings. The zero-order valence-electron chi connectivity index (χ0n) is 13.3. The van der Waals surface area contributed by atoms with Gasteiger partial charge in [0.25, 0.3) is 0 Å². The zero-order chi connectivity index (χ0) is 16.8. The molecule has 0 saturated heterocycles. The Morgan fingerprint density at radius 1 is 1.08 bits per heavy atom. The summed E-state index contributed by atoms with van der Waals surface area (Å²) in [7, 11) is 0. The molecule has 0 N–H and O–H groups in total. The molecule has 0 aliphatic carbocycles. The van der Waals surface area contributed by atoms with Gasteiger partial charge in [-0.15, -0.1) is 5.10 Å². The molecule has 1 heterocycles. The molecule has 2 aromatic carbocycles. The number of ether oxygens (including phenoxy) is 1. The van der Waals surface area contributed by atoms with E-state index in [0.717, 1.165) is 17.0 Å². The predicted octanol–water partition coefficient (Wildman–Crippen LogP) is 3.71. The Hall–Kier alpha value is -3.39. The van der Waals surface area contributed by atoms with Gasteiger partial charge in [-0.3, -0.25) is 0 Å². The van der Waals surface area contributed by atoms with Crippen LogP contribution in [0.25, 0.3) is 17.8 Å². The van der Waals surface area contributed by atoms with Crippen molar-refractivity contribution in [1.82, 2.24) is 15.0 Å². The summed E-state index contributed by atoms with van der Waals surface area (Å²) in [4.78, 5) is 0. The Kier molecular flexibility index (Phi) is 4.68. The first-order valence-corrected chi connectivity index (χ1v) is 7.64. The molecule has 0 aliphatic rings. The second-order valence-electron chi connectivity index (χ2n) is 5.02. The topological polar surface area (TPSA) is 63.7 Å². The molecule has 24 heavy (non-hydrogen) atoms. The lowest BCUT2D eigenvalue weighted by Gasteiger charge is -2.06. The number of aromatic nitrogens is 3. The van der Waals surface area contributed by atoms with E-state index < -0.39 is 0 Å². The largest absolute Gasteiger partial charge is 0.494 e. The highest BCUT2D eigenvalue weighted by Gasteiger charge is 2.11. The zero-order valence-corrected chi connectivity index (χ0v) is 13.3. The molecular weight excluding hydrogens is 300 g/mol. The van der Waals surface area contributed by atoms with Crippen molar-refractivity contribution in [3.05, 3.63) is 71.5 Å². The third-order valence-electron chi connectivity index (χ3n) is 3.44. The van der Waals surface area contributed by atoms with Gasteiger partial charge in [0.2, 0.25) is 0 Å². The first-order valence-electron chi connectivity index (χ1n) is 7.64. The molecule has 3 rings (SSSR count). The van der Waals surface area contributed by atoms with E-state index in [1.54, 1.807) is 4.68 Å². The molecule has 5 heteroatoms. The van der Waals surface area contributed by atoms with Crippen LogP contribution >= 0.6 is 0 Å². The molecule has 0 fully saturated rings. The quantitative estimate of drug-likeness (QED) is 0.720. The van der Waals surface area contributed by atoms with Crippen LogP contribution in [0.4, 0.5) is 0 Å². The average Bonchev–Trinajstić information content (AvgIpc) is 3.05. The van der Waals surface area contributed by atoms with Crippen LogP contribution in [-0.4, -0.2) is 21.6 Å². The maximum Gasteiger partial charge on any atom is 0.190 e. The minimum Gasteiger partial charge on any atom is -0.494 e. The van der Waals surface area contributed by atoms with Gasteiger partial charge in [0, 0.05) is 0 Å². The van der Waals surface area contributed by atoms with Crippen LogP contribution in [0.5, 0.6) is 5.75 Å². The van der Waals surface area contributed by atoms with E-state index in [2.05, 4.69) is 16.4 Å². The van der Waals surface area contributed by atoms with Crippen molar-refractivity contribution >= 4 is 12.2 Å². The summed E-state index contributed by atoms with van der Waals surface area (Å²) in [5.74, 6) is 0.795. The van der Waals surface area contributed by atoms with E-state index in [1.165, 1.54) is 0 Å². The summed E-state index contributed by atoms with van der Waals surface area (Å²) in [6, 6.07) is 19.5. The number of hydrogen-bond acceptors (Lipinski definition) is 4. The summed E-state index contributed by atoms with van der Waals surface area (Å²) in [5, 5.41) is 17.3. The fourth-order valence-corrected chi connectivity index (χ4v) is 2.30. The Morgan fingerprint density at radius 3 is 2.50 bits per heavy atom. The summed E-state index contributed by atoms with van der Waals surface area (Å²) >= 11 is 0. The molecule has 5 nitrogen and oxygen atoms in total. The van der Waals surface area contributed by atoms with Crippen LogP contribution in [0.2, 0.25) is 0 Å². The maximum absolute atomic E-state index is 9.27. The minimum atomic E-state index is 0.288. The lowest BCUT2D eigenvalue weighted by Crippen LogP contribution is -2.00. The number of nitriles is 1. The summed E-state index contributed by atoms with van der Waals surface area (Å²) in [6.07, 6.45) is 3.79. The Morgan fingerprint density at radius 2 is 1.83 bits per heavy atom. The molecular formula is C19H16N4O. The van der Waals surface area contributed by atoms with Crippen LogP contribution in [0.1, 0.15) is 23.9 Å². The molecule has 0 aliphatic heterocycles. The molecule has 0 radical (unpaired) electrons. The molecule has 0 spiro atoms. The van der Waals surface area contributed by atoms with Crippen LogP contribution in [-0.2, 0) is 0 Å². The minimum absolute atomic E-state index is 0.288. The van der Waals surface area contributed by atoms with Gasteiger partial charge in [0.05, 0.1) is 12.3 Å². The summed E-state index contributed by atoms with van der Waals surface area (Å²) in [6.45, 7) is 2.56. The Balaban J connectivity index is 1.96. The molecule has 0 saturated carbocycles. The number of hydrogen-bond donors (Lipinski definition) is 0. The first-order chi connectivity index (χ1) is 11.8. The van der Waals surface area contributed by atoms with Crippen LogP contribution < -0.4 is 4.74 Å². The van der Waals surface area contributed by atoms with E-state index in [4.69, 9.17) is 4.74 Å². The first kappa shape index (κ1) is 15.5. The van der Waals surface area contributed by atoms with Gasteiger partial charge in [-0.05, 0) is 42.8 Å². The second kappa shape index (κ2) is 7.25. The molecule has 0 amide bonds. The standard InChI is InChI=1S/C19H16N4O/c1-2-24-17-11-9-16(10-12-17)23-19(18(14-20)21-22-23)13-8-15-6-4-3-5-7-15/h3-13H,2H2,1H3/b13-8+. The van der Waals surface area contributed by atoms with Crippen molar-refractivity contribution in [3.63, 3.8) is 0 Å². The highest BCUT2D eigenvalue weighted by molar-refractivity contribution is 5.70. The maximum atomic E-state index is 9.27. The van der Waals surface area contributed by atoms with Crippen molar-refractivity contribution in [2.24, 2.45) is 0 Å². The second-order valence-corrected chi connectivity index (χ2v) is 5.02. The van der Waals surface area contributed by atoms with Crippen molar-refractivity contribution in [3.8, 4) is 17.5 Å². The van der Waals surface area contributed by atoms with E-state index in [9.17, 15) is 5.26 Å². The fraction of sp³-hybridized carbons (Fsp3) is 0.105. The normalized spacial score (nSPS) is 10.7. The van der Waals surface area contributed by atoms with Gasteiger partial charge in [0.1, 0.15) is 17.5 Å². The molecule has 0 unspecified atom stereocenters. The fourth-order valence-electron chi connectivity index (χ4n) is 2.30. The van der Waals surface area contributed by atoms with Gasteiger partial charge < -0.3 is 4.74 Å². The van der Waals surface area contributed by atoms with Gasteiger partial charge in [-0.1, -0.05) is 41.6 Å². The highest BCUT2D eigenvalue weighted by atomic mass is 16.5. The van der Waals surface area contributed by atoms with Crippen molar-refractivity contribution in [2.45, 2.75) is 6.92 Å². The monoisotopic (exact) mass is 316 g/mol.